The molecule has 0 bridgehead atoms. The van der Waals surface area contributed by atoms with Crippen LogP contribution in [0.1, 0.15) is 24.8 Å². The Balaban J connectivity index is 1.43. The standard InChI is InChI=1S/C22H28N2O4S/c1-28-21-12-6-5-8-18(21)9-7-15-23-22(25)19-13-16-24(17-14-19)29(26,27)20-10-3-2-4-11-20/h2-6,8,10-12,19H,7,9,13-17H2,1H3,(H,23,25). The zero-order valence-electron chi connectivity index (χ0n) is 16.7. The molecular weight excluding hydrogens is 388 g/mol. The topological polar surface area (TPSA) is 75.7 Å². The van der Waals surface area contributed by atoms with Gasteiger partial charge in [0, 0.05) is 25.6 Å². The minimum atomic E-state index is -3.48. The molecule has 0 radical (unpaired) electrons. The second-order valence-electron chi connectivity index (χ2n) is 7.20. The first-order chi connectivity index (χ1) is 14.0. The van der Waals surface area contributed by atoms with Gasteiger partial charge in [-0.25, -0.2) is 8.42 Å². The largest absolute Gasteiger partial charge is 0.496 e. The van der Waals surface area contributed by atoms with Crippen LogP contribution in [-0.4, -0.2) is 45.4 Å². The molecule has 2 aromatic carbocycles. The van der Waals surface area contributed by atoms with E-state index in [4.69, 9.17) is 4.74 Å². The van der Waals surface area contributed by atoms with Crippen molar-refractivity contribution in [2.45, 2.75) is 30.6 Å². The summed E-state index contributed by atoms with van der Waals surface area (Å²) in [5.74, 6) is 0.746. The summed E-state index contributed by atoms with van der Waals surface area (Å²) < 4.78 is 32.2. The van der Waals surface area contributed by atoms with Gasteiger partial charge in [-0.3, -0.25) is 4.79 Å². The lowest BCUT2D eigenvalue weighted by molar-refractivity contribution is -0.126. The molecule has 156 valence electrons. The van der Waals surface area contributed by atoms with Crippen LogP contribution in [0.15, 0.2) is 59.5 Å². The summed E-state index contributed by atoms with van der Waals surface area (Å²) >= 11 is 0. The van der Waals surface area contributed by atoms with Gasteiger partial charge < -0.3 is 10.1 Å². The summed E-state index contributed by atoms with van der Waals surface area (Å²) in [6, 6.07) is 16.3. The number of nitrogens with one attached hydrogen (secondary N) is 1. The van der Waals surface area contributed by atoms with Gasteiger partial charge in [-0.15, -0.1) is 0 Å². The van der Waals surface area contributed by atoms with Crippen LogP contribution in [-0.2, 0) is 21.2 Å². The number of para-hydroxylation sites is 1. The van der Waals surface area contributed by atoms with Crippen LogP contribution in [0, 0.1) is 5.92 Å². The molecule has 1 saturated heterocycles. The predicted molar refractivity (Wildman–Crippen MR) is 112 cm³/mol. The first kappa shape index (κ1) is 21.3. The quantitative estimate of drug-likeness (QED) is 0.672. The number of carbonyl (C=O) groups excluding carboxylic acids is 1. The van der Waals surface area contributed by atoms with Gasteiger partial charge in [0.15, 0.2) is 0 Å². The summed E-state index contributed by atoms with van der Waals surface area (Å²) in [5.41, 5.74) is 1.13. The van der Waals surface area contributed by atoms with Gasteiger partial charge in [0.25, 0.3) is 0 Å². The smallest absolute Gasteiger partial charge is 0.243 e. The van der Waals surface area contributed by atoms with E-state index in [1.807, 2.05) is 24.3 Å². The summed E-state index contributed by atoms with van der Waals surface area (Å²) in [5, 5.41) is 3.00. The number of hydrogen-bond acceptors (Lipinski definition) is 4. The van der Waals surface area contributed by atoms with E-state index in [1.165, 1.54) is 4.31 Å². The molecule has 6 nitrogen and oxygen atoms in total. The summed E-state index contributed by atoms with van der Waals surface area (Å²) in [4.78, 5) is 12.8. The summed E-state index contributed by atoms with van der Waals surface area (Å²) in [6.07, 6.45) is 2.75. The fraction of sp³-hybridized carbons (Fsp3) is 0.409. The third-order valence-electron chi connectivity index (χ3n) is 5.32. The zero-order chi connectivity index (χ0) is 20.7. The number of aryl methyl sites for hydroxylation is 1. The molecule has 0 aromatic heterocycles. The third-order valence-corrected chi connectivity index (χ3v) is 7.23. The summed E-state index contributed by atoms with van der Waals surface area (Å²) in [7, 11) is -1.82. The number of carbonyl (C=O) groups is 1. The lowest BCUT2D eigenvalue weighted by Gasteiger charge is -2.30. The highest BCUT2D eigenvalue weighted by Gasteiger charge is 2.31. The number of sulfonamides is 1. The highest BCUT2D eigenvalue weighted by molar-refractivity contribution is 7.89. The predicted octanol–water partition coefficient (Wildman–Crippen LogP) is 2.84. The van der Waals surface area contributed by atoms with Crippen molar-refractivity contribution in [3.05, 3.63) is 60.2 Å². The van der Waals surface area contributed by atoms with Gasteiger partial charge >= 0.3 is 0 Å². The van der Waals surface area contributed by atoms with Crippen molar-refractivity contribution in [3.8, 4) is 5.75 Å². The lowest BCUT2D eigenvalue weighted by Crippen LogP contribution is -2.43. The Morgan fingerprint density at radius 3 is 2.41 bits per heavy atom. The molecule has 1 N–H and O–H groups in total. The molecule has 1 aliphatic heterocycles. The van der Waals surface area contributed by atoms with Crippen molar-refractivity contribution < 1.29 is 17.9 Å². The van der Waals surface area contributed by atoms with E-state index in [2.05, 4.69) is 5.32 Å². The molecule has 0 unspecified atom stereocenters. The van der Waals surface area contributed by atoms with E-state index in [-0.39, 0.29) is 11.8 Å². The maximum Gasteiger partial charge on any atom is 0.243 e. The third kappa shape index (κ3) is 5.36. The Labute approximate surface area is 172 Å². The van der Waals surface area contributed by atoms with Crippen molar-refractivity contribution in [1.29, 1.82) is 0 Å². The summed E-state index contributed by atoms with van der Waals surface area (Å²) in [6.45, 7) is 1.34. The minimum absolute atomic E-state index is 0.0155. The van der Waals surface area contributed by atoms with E-state index in [1.54, 1.807) is 37.4 Å². The molecule has 3 rings (SSSR count). The molecule has 0 spiro atoms. The number of rotatable bonds is 8. The number of methoxy groups -OCH3 is 1. The number of benzene rings is 2. The lowest BCUT2D eigenvalue weighted by atomic mass is 9.97. The maximum atomic E-state index is 12.7. The first-order valence-electron chi connectivity index (χ1n) is 9.97. The molecule has 7 heteroatoms. The fourth-order valence-electron chi connectivity index (χ4n) is 3.64. The number of amides is 1. The Bertz CT molecular complexity index is 907. The van der Waals surface area contributed by atoms with E-state index in [0.29, 0.717) is 37.4 Å². The molecule has 2 aromatic rings. The second kappa shape index (κ2) is 9.89. The van der Waals surface area contributed by atoms with E-state index >= 15 is 0 Å². The average molecular weight is 417 g/mol. The number of hydrogen-bond donors (Lipinski definition) is 1. The number of piperidine rings is 1. The highest BCUT2D eigenvalue weighted by atomic mass is 32.2. The molecule has 1 fully saturated rings. The van der Waals surface area contributed by atoms with Gasteiger partial charge in [0.1, 0.15) is 5.75 Å². The molecule has 1 heterocycles. The molecule has 0 aliphatic carbocycles. The van der Waals surface area contributed by atoms with E-state index < -0.39 is 10.0 Å². The van der Waals surface area contributed by atoms with Gasteiger partial charge in [0.2, 0.25) is 15.9 Å². The fourth-order valence-corrected chi connectivity index (χ4v) is 5.13. The van der Waals surface area contributed by atoms with Gasteiger partial charge in [-0.05, 0) is 49.4 Å². The van der Waals surface area contributed by atoms with Crippen LogP contribution in [0.5, 0.6) is 5.75 Å². The van der Waals surface area contributed by atoms with Crippen LogP contribution in [0.25, 0.3) is 0 Å². The number of ether oxygens (including phenoxy) is 1. The van der Waals surface area contributed by atoms with Crippen LogP contribution >= 0.6 is 0 Å². The van der Waals surface area contributed by atoms with Crippen molar-refractivity contribution in [2.75, 3.05) is 26.7 Å². The molecule has 1 amide bonds. The van der Waals surface area contributed by atoms with Crippen LogP contribution < -0.4 is 10.1 Å². The first-order valence-corrected chi connectivity index (χ1v) is 11.4. The second-order valence-corrected chi connectivity index (χ2v) is 9.14. The molecule has 0 saturated carbocycles. The molecule has 29 heavy (non-hydrogen) atoms. The van der Waals surface area contributed by atoms with Crippen LogP contribution in [0.3, 0.4) is 0 Å². The Morgan fingerprint density at radius 1 is 1.07 bits per heavy atom. The van der Waals surface area contributed by atoms with Gasteiger partial charge in [-0.1, -0.05) is 36.4 Å². The normalized spacial score (nSPS) is 15.8. The van der Waals surface area contributed by atoms with Crippen molar-refractivity contribution >= 4 is 15.9 Å². The average Bonchev–Trinajstić information content (AvgIpc) is 2.77. The minimum Gasteiger partial charge on any atom is -0.496 e. The van der Waals surface area contributed by atoms with E-state index in [9.17, 15) is 13.2 Å². The van der Waals surface area contributed by atoms with Gasteiger partial charge in [0.05, 0.1) is 12.0 Å². The monoisotopic (exact) mass is 416 g/mol. The zero-order valence-corrected chi connectivity index (χ0v) is 17.5. The maximum absolute atomic E-state index is 12.7. The van der Waals surface area contributed by atoms with Crippen LogP contribution in [0.2, 0.25) is 0 Å². The Kier molecular flexibility index (Phi) is 7.28. The van der Waals surface area contributed by atoms with Crippen LogP contribution in [0.4, 0.5) is 0 Å². The SMILES string of the molecule is COc1ccccc1CCCNC(=O)C1CCN(S(=O)(=O)c2ccccc2)CC1. The van der Waals surface area contributed by atoms with Crippen molar-refractivity contribution in [2.24, 2.45) is 5.92 Å². The highest BCUT2D eigenvalue weighted by Crippen LogP contribution is 2.24. The Morgan fingerprint density at radius 2 is 1.72 bits per heavy atom. The molecule has 0 atom stereocenters. The van der Waals surface area contributed by atoms with Crippen molar-refractivity contribution in [1.82, 2.24) is 9.62 Å². The molecule has 1 aliphatic rings. The van der Waals surface area contributed by atoms with Crippen molar-refractivity contribution in [3.63, 3.8) is 0 Å². The molecular formula is C22H28N2O4S. The Hall–Kier alpha value is -2.38. The van der Waals surface area contributed by atoms with E-state index in [0.717, 1.165) is 24.2 Å². The number of nitrogens with zero attached hydrogens (tertiary/aromatic N) is 1. The van der Waals surface area contributed by atoms with Gasteiger partial charge in [-0.2, -0.15) is 4.31 Å².